The predicted octanol–water partition coefficient (Wildman–Crippen LogP) is 8.27. The minimum Gasteiger partial charge on any atom is -0.461 e. The first-order valence-electron chi connectivity index (χ1n) is 9.92. The SMILES string of the molecule is C=CC(=O)OCC(CSCCC(F)(F)C(F)(F)C(F)(F)C(F)(F)F)SCCC(F)(F)C(F)(F)C(F)(F)C(F)(F)F. The van der Waals surface area contributed by atoms with E-state index in [2.05, 4.69) is 11.3 Å². The molecule has 0 saturated heterocycles. The van der Waals surface area contributed by atoms with Crippen LogP contribution < -0.4 is 0 Å². The molecule has 0 spiro atoms. The number of carbonyl (C=O) groups excluding carboxylic acids is 1. The summed E-state index contributed by atoms with van der Waals surface area (Å²) in [6.45, 7) is 2.02. The van der Waals surface area contributed by atoms with Crippen LogP contribution in [0.5, 0.6) is 0 Å². The van der Waals surface area contributed by atoms with Crippen molar-refractivity contribution in [3.63, 3.8) is 0 Å². The van der Waals surface area contributed by atoms with E-state index in [1.165, 1.54) is 0 Å². The smallest absolute Gasteiger partial charge is 0.460 e. The Morgan fingerprint density at radius 3 is 1.38 bits per heavy atom. The van der Waals surface area contributed by atoms with Gasteiger partial charge in [-0.2, -0.15) is 103 Å². The highest BCUT2D eigenvalue weighted by Gasteiger charge is 2.82. The van der Waals surface area contributed by atoms with E-state index in [1.54, 1.807) is 0 Å². The molecular formula is C18H16F18O2S2. The third-order valence-corrected chi connectivity index (χ3v) is 7.19. The fourth-order valence-electron chi connectivity index (χ4n) is 2.28. The molecule has 0 aromatic rings. The topological polar surface area (TPSA) is 26.3 Å². The monoisotopic (exact) mass is 670 g/mol. The van der Waals surface area contributed by atoms with E-state index in [1.807, 2.05) is 0 Å². The third kappa shape index (κ3) is 8.36. The van der Waals surface area contributed by atoms with E-state index in [0.717, 1.165) is 0 Å². The van der Waals surface area contributed by atoms with Crippen molar-refractivity contribution in [2.45, 2.75) is 66.0 Å². The average Bonchev–Trinajstić information content (AvgIpc) is 2.77. The second kappa shape index (κ2) is 12.9. The molecule has 0 saturated carbocycles. The Bertz CT molecular complexity index is 853. The molecule has 0 aromatic carbocycles. The largest absolute Gasteiger partial charge is 0.461 e. The Kier molecular flexibility index (Phi) is 12.4. The molecule has 0 bridgehead atoms. The summed E-state index contributed by atoms with van der Waals surface area (Å²) in [4.78, 5) is 11.1. The van der Waals surface area contributed by atoms with Gasteiger partial charge in [-0.3, -0.25) is 0 Å². The molecule has 40 heavy (non-hydrogen) atoms. The Labute approximate surface area is 221 Å². The molecule has 0 aliphatic heterocycles. The standard InChI is InChI=1S/C18H16F18O2S2/c1-2-10(37)38-7-9(40-6-4-12(21,22)14(25,26)16(29,30)18(34,35)36)8-39-5-3-11(19,20)13(23,24)15(27,28)17(31,32)33/h2,9H,1,3-8H2. The Hall–Kier alpha value is -1.35. The zero-order valence-electron chi connectivity index (χ0n) is 19.0. The lowest BCUT2D eigenvalue weighted by molar-refractivity contribution is -0.396. The molecule has 238 valence electrons. The van der Waals surface area contributed by atoms with Crippen LogP contribution in [0, 0.1) is 0 Å². The van der Waals surface area contributed by atoms with Crippen molar-refractivity contribution in [1.29, 1.82) is 0 Å². The Morgan fingerprint density at radius 1 is 0.650 bits per heavy atom. The lowest BCUT2D eigenvalue weighted by Gasteiger charge is -2.34. The van der Waals surface area contributed by atoms with Gasteiger partial charge < -0.3 is 4.74 Å². The first-order chi connectivity index (χ1) is 17.5. The van der Waals surface area contributed by atoms with Gasteiger partial charge in [-0.1, -0.05) is 6.58 Å². The van der Waals surface area contributed by atoms with Crippen molar-refractivity contribution in [2.24, 2.45) is 0 Å². The number of hydrogen-bond acceptors (Lipinski definition) is 4. The third-order valence-electron chi connectivity index (χ3n) is 4.63. The van der Waals surface area contributed by atoms with E-state index in [9.17, 15) is 83.8 Å². The summed E-state index contributed by atoms with van der Waals surface area (Å²) in [6, 6.07) is 0. The van der Waals surface area contributed by atoms with Crippen LogP contribution in [-0.4, -0.2) is 83.0 Å². The molecule has 0 heterocycles. The van der Waals surface area contributed by atoms with Crippen molar-refractivity contribution < 1.29 is 88.6 Å². The van der Waals surface area contributed by atoms with Gasteiger partial charge in [-0.25, -0.2) is 4.79 Å². The quantitative estimate of drug-likeness (QED) is 0.0716. The molecule has 1 atom stereocenters. The van der Waals surface area contributed by atoms with E-state index in [-0.39, 0.29) is 23.5 Å². The molecule has 0 aliphatic carbocycles. The molecule has 0 aliphatic rings. The highest BCUT2D eigenvalue weighted by Crippen LogP contribution is 2.55. The summed E-state index contributed by atoms with van der Waals surface area (Å²) in [7, 11) is 0. The second-order valence-electron chi connectivity index (χ2n) is 7.60. The number of carbonyl (C=O) groups is 1. The van der Waals surface area contributed by atoms with Gasteiger partial charge in [0.1, 0.15) is 6.61 Å². The molecule has 0 N–H and O–H groups in total. The number of rotatable bonds is 16. The number of ether oxygens (including phenoxy) is 1. The van der Waals surface area contributed by atoms with Gasteiger partial charge in [-0.15, -0.1) is 0 Å². The molecular weight excluding hydrogens is 654 g/mol. The fraction of sp³-hybridized carbons (Fsp3) is 0.833. The summed E-state index contributed by atoms with van der Waals surface area (Å²) >= 11 is 0.101. The summed E-state index contributed by atoms with van der Waals surface area (Å²) in [5, 5.41) is -1.47. The zero-order chi connectivity index (χ0) is 32.2. The van der Waals surface area contributed by atoms with E-state index < -0.39 is 95.8 Å². The van der Waals surface area contributed by atoms with Crippen LogP contribution in [0.3, 0.4) is 0 Å². The normalized spacial score (nSPS) is 15.7. The van der Waals surface area contributed by atoms with Crippen LogP contribution in [-0.2, 0) is 9.53 Å². The van der Waals surface area contributed by atoms with E-state index in [4.69, 9.17) is 0 Å². The number of alkyl halides is 18. The number of esters is 1. The van der Waals surface area contributed by atoms with E-state index >= 15 is 0 Å². The van der Waals surface area contributed by atoms with Crippen molar-refractivity contribution in [2.75, 3.05) is 23.9 Å². The van der Waals surface area contributed by atoms with E-state index in [0.29, 0.717) is 6.08 Å². The molecule has 1 unspecified atom stereocenters. The zero-order valence-corrected chi connectivity index (χ0v) is 20.7. The lowest BCUT2D eigenvalue weighted by Crippen LogP contribution is -2.61. The summed E-state index contributed by atoms with van der Waals surface area (Å²) in [6.07, 6.45) is -18.3. The van der Waals surface area contributed by atoms with Crippen LogP contribution in [0.1, 0.15) is 12.8 Å². The number of hydrogen-bond donors (Lipinski definition) is 0. The Balaban J connectivity index is 5.39. The van der Waals surface area contributed by atoms with Gasteiger partial charge >= 0.3 is 53.9 Å². The molecule has 0 aromatic heterocycles. The minimum atomic E-state index is -7.17. The molecule has 22 heteroatoms. The van der Waals surface area contributed by atoms with Crippen molar-refractivity contribution in [3.05, 3.63) is 12.7 Å². The average molecular weight is 670 g/mol. The van der Waals surface area contributed by atoms with Gasteiger partial charge in [0, 0.05) is 29.9 Å². The van der Waals surface area contributed by atoms with Crippen molar-refractivity contribution in [3.8, 4) is 0 Å². The van der Waals surface area contributed by atoms with Crippen molar-refractivity contribution in [1.82, 2.24) is 0 Å². The van der Waals surface area contributed by atoms with Gasteiger partial charge in [0.2, 0.25) is 0 Å². The van der Waals surface area contributed by atoms with Crippen LogP contribution in [0.2, 0.25) is 0 Å². The summed E-state index contributed by atoms with van der Waals surface area (Å²) in [5.41, 5.74) is 0. The van der Waals surface area contributed by atoms with Gasteiger partial charge in [0.05, 0.1) is 0 Å². The van der Waals surface area contributed by atoms with Crippen LogP contribution in [0.25, 0.3) is 0 Å². The molecule has 2 nitrogen and oxygen atoms in total. The predicted molar refractivity (Wildman–Crippen MR) is 106 cm³/mol. The summed E-state index contributed by atoms with van der Waals surface area (Å²) in [5.74, 6) is -44.8. The number of thioether (sulfide) groups is 2. The Morgan fingerprint density at radius 2 is 1.02 bits per heavy atom. The van der Waals surface area contributed by atoms with Crippen LogP contribution in [0.15, 0.2) is 12.7 Å². The molecule has 0 amide bonds. The van der Waals surface area contributed by atoms with Crippen molar-refractivity contribution >= 4 is 29.5 Å². The maximum absolute atomic E-state index is 13.6. The lowest BCUT2D eigenvalue weighted by atomic mass is 10.0. The van der Waals surface area contributed by atoms with Gasteiger partial charge in [0.25, 0.3) is 0 Å². The maximum atomic E-state index is 13.6. The van der Waals surface area contributed by atoms with Gasteiger partial charge in [-0.05, 0) is 11.5 Å². The highest BCUT2D eigenvalue weighted by molar-refractivity contribution is 8.03. The summed E-state index contributed by atoms with van der Waals surface area (Å²) < 4.78 is 236. The fourth-order valence-corrected chi connectivity index (χ4v) is 4.75. The van der Waals surface area contributed by atoms with Crippen LogP contribution >= 0.6 is 23.5 Å². The highest BCUT2D eigenvalue weighted by atomic mass is 32.2. The molecule has 0 fully saturated rings. The molecule has 0 radical (unpaired) electrons. The van der Waals surface area contributed by atoms with Gasteiger partial charge in [0.15, 0.2) is 0 Å². The molecule has 0 rings (SSSR count). The maximum Gasteiger partial charge on any atom is 0.460 e. The number of halogens is 18. The first kappa shape index (κ1) is 38.6. The minimum absolute atomic E-state index is 0.0300. The van der Waals surface area contributed by atoms with Crippen LogP contribution in [0.4, 0.5) is 79.0 Å². The first-order valence-corrected chi connectivity index (χ1v) is 12.1. The second-order valence-corrected chi connectivity index (χ2v) is 10.2.